The highest BCUT2D eigenvalue weighted by Crippen LogP contribution is 2.30. The van der Waals surface area contributed by atoms with Crippen molar-refractivity contribution in [2.75, 3.05) is 13.6 Å². The lowest BCUT2D eigenvalue weighted by atomic mass is 10.1. The number of rotatable bonds is 3. The highest BCUT2D eigenvalue weighted by atomic mass is 32.2. The standard InChI is InChI=1S/C12H14N2O3S/c1-13-8-2-3-11(12(13)15)18-10-6-4-9(5-7-10)14(16)17/h4-7,11H,2-3,8H2,1H3. The van der Waals surface area contributed by atoms with Crippen LogP contribution in [0.25, 0.3) is 0 Å². The summed E-state index contributed by atoms with van der Waals surface area (Å²) in [4.78, 5) is 24.7. The number of hydrogen-bond donors (Lipinski definition) is 0. The SMILES string of the molecule is CN1CCCC(Sc2ccc([N+](=O)[O-])cc2)C1=O. The van der Waals surface area contributed by atoms with Crippen molar-refractivity contribution < 1.29 is 9.72 Å². The Morgan fingerprint density at radius 1 is 1.39 bits per heavy atom. The number of piperidine rings is 1. The van der Waals surface area contributed by atoms with Crippen LogP contribution in [0.1, 0.15) is 12.8 Å². The van der Waals surface area contributed by atoms with Gasteiger partial charge >= 0.3 is 0 Å². The Bertz CT molecular complexity index is 461. The average molecular weight is 266 g/mol. The van der Waals surface area contributed by atoms with Gasteiger partial charge in [-0.05, 0) is 25.0 Å². The lowest BCUT2D eigenvalue weighted by Crippen LogP contribution is -2.39. The summed E-state index contributed by atoms with van der Waals surface area (Å²) in [6.45, 7) is 0.816. The summed E-state index contributed by atoms with van der Waals surface area (Å²) in [5.74, 6) is 0.143. The van der Waals surface area contributed by atoms with Crippen LogP contribution < -0.4 is 0 Å². The molecule has 96 valence electrons. The monoisotopic (exact) mass is 266 g/mol. The molecular weight excluding hydrogens is 252 g/mol. The maximum absolute atomic E-state index is 11.9. The van der Waals surface area contributed by atoms with Gasteiger partial charge in [-0.15, -0.1) is 11.8 Å². The predicted octanol–water partition coefficient (Wildman–Crippen LogP) is 2.31. The van der Waals surface area contributed by atoms with Gasteiger partial charge in [-0.1, -0.05) is 0 Å². The van der Waals surface area contributed by atoms with Gasteiger partial charge in [0.25, 0.3) is 5.69 Å². The second kappa shape index (κ2) is 5.39. The number of nitro groups is 1. The molecule has 1 atom stereocenters. The van der Waals surface area contributed by atoms with Gasteiger partial charge in [0.15, 0.2) is 0 Å². The fraction of sp³-hybridized carbons (Fsp3) is 0.417. The summed E-state index contributed by atoms with van der Waals surface area (Å²) in [5.41, 5.74) is 0.0754. The van der Waals surface area contributed by atoms with E-state index in [4.69, 9.17) is 0 Å². The first-order chi connectivity index (χ1) is 8.58. The number of carbonyl (C=O) groups is 1. The molecule has 0 bridgehead atoms. The largest absolute Gasteiger partial charge is 0.345 e. The van der Waals surface area contributed by atoms with Crippen LogP contribution in [0.2, 0.25) is 0 Å². The van der Waals surface area contributed by atoms with Crippen LogP contribution in [0, 0.1) is 10.1 Å². The molecule has 2 rings (SSSR count). The molecule has 1 aromatic carbocycles. The molecular formula is C12H14N2O3S. The molecule has 1 saturated heterocycles. The first-order valence-electron chi connectivity index (χ1n) is 5.74. The fourth-order valence-corrected chi connectivity index (χ4v) is 3.10. The number of amides is 1. The van der Waals surface area contributed by atoms with Crippen molar-refractivity contribution in [1.29, 1.82) is 0 Å². The van der Waals surface area contributed by atoms with Gasteiger partial charge in [-0.25, -0.2) is 0 Å². The van der Waals surface area contributed by atoms with E-state index >= 15 is 0 Å². The third-order valence-corrected chi connectivity index (χ3v) is 4.20. The van der Waals surface area contributed by atoms with Crippen molar-refractivity contribution in [3.05, 3.63) is 34.4 Å². The molecule has 0 aliphatic carbocycles. The van der Waals surface area contributed by atoms with E-state index in [2.05, 4.69) is 0 Å². The molecule has 1 aromatic rings. The minimum atomic E-state index is -0.423. The van der Waals surface area contributed by atoms with E-state index in [1.54, 1.807) is 17.0 Å². The quantitative estimate of drug-likeness (QED) is 0.622. The van der Waals surface area contributed by atoms with Gasteiger partial charge in [0.05, 0.1) is 10.2 Å². The van der Waals surface area contributed by atoms with Crippen molar-refractivity contribution in [3.63, 3.8) is 0 Å². The Kier molecular flexibility index (Phi) is 3.86. The van der Waals surface area contributed by atoms with Crippen LogP contribution in [-0.4, -0.2) is 34.6 Å². The molecule has 18 heavy (non-hydrogen) atoms. The first-order valence-corrected chi connectivity index (χ1v) is 6.62. The summed E-state index contributed by atoms with van der Waals surface area (Å²) >= 11 is 1.48. The molecule has 1 amide bonds. The van der Waals surface area contributed by atoms with E-state index < -0.39 is 4.92 Å². The van der Waals surface area contributed by atoms with Crippen LogP contribution in [0.4, 0.5) is 5.69 Å². The molecule has 1 heterocycles. The third-order valence-electron chi connectivity index (χ3n) is 2.94. The summed E-state index contributed by atoms with van der Waals surface area (Å²) in [7, 11) is 1.81. The molecule has 5 nitrogen and oxygen atoms in total. The van der Waals surface area contributed by atoms with Gasteiger partial charge < -0.3 is 4.90 Å². The number of non-ortho nitro benzene ring substituents is 1. The summed E-state index contributed by atoms with van der Waals surface area (Å²) in [6, 6.07) is 6.34. The van der Waals surface area contributed by atoms with Crippen LogP contribution in [0.3, 0.4) is 0 Å². The van der Waals surface area contributed by atoms with Gasteiger partial charge in [0, 0.05) is 30.6 Å². The highest BCUT2D eigenvalue weighted by molar-refractivity contribution is 8.00. The van der Waals surface area contributed by atoms with Crippen LogP contribution in [0.5, 0.6) is 0 Å². The zero-order valence-corrected chi connectivity index (χ0v) is 10.9. The number of carbonyl (C=O) groups excluding carboxylic acids is 1. The van der Waals surface area contributed by atoms with Crippen molar-refractivity contribution in [3.8, 4) is 0 Å². The van der Waals surface area contributed by atoms with Gasteiger partial charge in [-0.2, -0.15) is 0 Å². The van der Waals surface area contributed by atoms with E-state index in [1.807, 2.05) is 7.05 Å². The maximum atomic E-state index is 11.9. The zero-order valence-electron chi connectivity index (χ0n) is 10.0. The van der Waals surface area contributed by atoms with E-state index in [0.717, 1.165) is 24.3 Å². The number of nitrogens with zero attached hydrogens (tertiary/aromatic N) is 2. The molecule has 1 unspecified atom stereocenters. The van der Waals surface area contributed by atoms with Gasteiger partial charge in [-0.3, -0.25) is 14.9 Å². The minimum absolute atomic E-state index is 0.0646. The van der Waals surface area contributed by atoms with Gasteiger partial charge in [0.2, 0.25) is 5.91 Å². The van der Waals surface area contributed by atoms with Crippen molar-refractivity contribution in [2.45, 2.75) is 23.0 Å². The fourth-order valence-electron chi connectivity index (χ4n) is 1.91. The maximum Gasteiger partial charge on any atom is 0.269 e. The lowest BCUT2D eigenvalue weighted by Gasteiger charge is -2.28. The van der Waals surface area contributed by atoms with Crippen molar-refractivity contribution in [1.82, 2.24) is 4.90 Å². The van der Waals surface area contributed by atoms with Crippen molar-refractivity contribution in [2.24, 2.45) is 0 Å². The Morgan fingerprint density at radius 3 is 2.67 bits per heavy atom. The molecule has 1 aliphatic heterocycles. The van der Waals surface area contributed by atoms with Crippen LogP contribution in [0.15, 0.2) is 29.2 Å². The zero-order chi connectivity index (χ0) is 13.1. The van der Waals surface area contributed by atoms with Crippen LogP contribution >= 0.6 is 11.8 Å². The molecule has 0 spiro atoms. The summed E-state index contributed by atoms with van der Waals surface area (Å²) in [6.07, 6.45) is 1.87. The number of nitro benzene ring substituents is 1. The number of likely N-dealkylation sites (tertiary alicyclic amines) is 1. The average Bonchev–Trinajstić information content (AvgIpc) is 2.36. The summed E-state index contributed by atoms with van der Waals surface area (Å²) in [5, 5.41) is 10.5. The van der Waals surface area contributed by atoms with E-state index in [-0.39, 0.29) is 16.8 Å². The highest BCUT2D eigenvalue weighted by Gasteiger charge is 2.27. The van der Waals surface area contributed by atoms with E-state index in [9.17, 15) is 14.9 Å². The van der Waals surface area contributed by atoms with Crippen LogP contribution in [-0.2, 0) is 4.79 Å². The van der Waals surface area contributed by atoms with E-state index in [1.165, 1.54) is 23.9 Å². The number of thioether (sulfide) groups is 1. The molecule has 1 aliphatic rings. The second-order valence-corrected chi connectivity index (χ2v) is 5.54. The minimum Gasteiger partial charge on any atom is -0.345 e. The Balaban J connectivity index is 2.04. The third kappa shape index (κ3) is 2.81. The Hall–Kier alpha value is -1.56. The smallest absolute Gasteiger partial charge is 0.269 e. The Labute approximate surface area is 109 Å². The normalized spacial score (nSPS) is 19.9. The first kappa shape index (κ1) is 12.9. The molecule has 0 N–H and O–H groups in total. The van der Waals surface area contributed by atoms with E-state index in [0.29, 0.717) is 0 Å². The number of hydrogen-bond acceptors (Lipinski definition) is 4. The predicted molar refractivity (Wildman–Crippen MR) is 69.6 cm³/mol. The Morgan fingerprint density at radius 2 is 2.06 bits per heavy atom. The van der Waals surface area contributed by atoms with Crippen molar-refractivity contribution >= 4 is 23.4 Å². The molecule has 1 fully saturated rings. The van der Waals surface area contributed by atoms with Gasteiger partial charge in [0.1, 0.15) is 0 Å². The molecule has 0 saturated carbocycles. The summed E-state index contributed by atoms with van der Waals surface area (Å²) < 4.78 is 0. The lowest BCUT2D eigenvalue weighted by molar-refractivity contribution is -0.384. The molecule has 6 heteroatoms. The second-order valence-electron chi connectivity index (χ2n) is 4.26. The molecule has 0 aromatic heterocycles. The topological polar surface area (TPSA) is 63.4 Å². The number of benzene rings is 1. The molecule has 0 radical (unpaired) electrons.